The maximum absolute atomic E-state index is 12.8. The molecule has 120 valence electrons. The molecular formula is C17H16FNO4. The lowest BCUT2D eigenvalue weighted by Crippen LogP contribution is -2.45. The molecular weight excluding hydrogens is 301 g/mol. The highest BCUT2D eigenvalue weighted by atomic mass is 19.1. The summed E-state index contributed by atoms with van der Waals surface area (Å²) in [7, 11) is 0. The molecule has 0 bridgehead atoms. The van der Waals surface area contributed by atoms with Gasteiger partial charge in [0.25, 0.3) is 5.91 Å². The van der Waals surface area contributed by atoms with E-state index in [1.54, 1.807) is 12.1 Å². The molecule has 1 heterocycles. The van der Waals surface area contributed by atoms with E-state index in [2.05, 4.69) is 5.32 Å². The first-order valence-corrected chi connectivity index (χ1v) is 7.27. The summed E-state index contributed by atoms with van der Waals surface area (Å²) >= 11 is 0. The lowest BCUT2D eigenvalue weighted by molar-refractivity contribution is -0.130. The van der Waals surface area contributed by atoms with Crippen molar-refractivity contribution in [2.24, 2.45) is 0 Å². The SMILES string of the molecule is O=C(NCCOc1ccc(F)cc1)[C@@H]1COc2ccccc2O1. The molecule has 0 radical (unpaired) electrons. The largest absolute Gasteiger partial charge is 0.492 e. The maximum atomic E-state index is 12.8. The Balaban J connectivity index is 1.42. The van der Waals surface area contributed by atoms with Crippen molar-refractivity contribution in [3.63, 3.8) is 0 Å². The fourth-order valence-electron chi connectivity index (χ4n) is 2.14. The van der Waals surface area contributed by atoms with Gasteiger partial charge in [-0.2, -0.15) is 0 Å². The molecule has 0 saturated heterocycles. The van der Waals surface area contributed by atoms with Crippen LogP contribution in [0.4, 0.5) is 4.39 Å². The zero-order chi connectivity index (χ0) is 16.1. The molecule has 2 aromatic rings. The van der Waals surface area contributed by atoms with Gasteiger partial charge in [0.15, 0.2) is 11.5 Å². The van der Waals surface area contributed by atoms with Gasteiger partial charge in [-0.1, -0.05) is 12.1 Å². The minimum atomic E-state index is -0.685. The number of carbonyl (C=O) groups excluding carboxylic acids is 1. The Morgan fingerprint density at radius 3 is 2.70 bits per heavy atom. The number of hydrogen-bond acceptors (Lipinski definition) is 4. The highest BCUT2D eigenvalue weighted by molar-refractivity contribution is 5.81. The van der Waals surface area contributed by atoms with E-state index >= 15 is 0 Å². The van der Waals surface area contributed by atoms with Gasteiger partial charge < -0.3 is 19.5 Å². The highest BCUT2D eigenvalue weighted by Crippen LogP contribution is 2.30. The lowest BCUT2D eigenvalue weighted by atomic mass is 10.2. The second-order valence-electron chi connectivity index (χ2n) is 4.96. The quantitative estimate of drug-likeness (QED) is 0.859. The Hall–Kier alpha value is -2.76. The number of ether oxygens (including phenoxy) is 3. The van der Waals surface area contributed by atoms with Crippen LogP contribution in [0.25, 0.3) is 0 Å². The number of fused-ring (bicyclic) bond motifs is 1. The molecule has 1 aliphatic rings. The monoisotopic (exact) mass is 317 g/mol. The van der Waals surface area contributed by atoms with Crippen molar-refractivity contribution in [2.75, 3.05) is 19.8 Å². The molecule has 0 spiro atoms. The van der Waals surface area contributed by atoms with Crippen molar-refractivity contribution in [2.45, 2.75) is 6.10 Å². The minimum absolute atomic E-state index is 0.168. The van der Waals surface area contributed by atoms with Crippen LogP contribution in [0.5, 0.6) is 17.2 Å². The van der Waals surface area contributed by atoms with Crippen LogP contribution in [-0.4, -0.2) is 31.8 Å². The predicted octanol–water partition coefficient (Wildman–Crippen LogP) is 2.16. The Labute approximate surface area is 133 Å². The summed E-state index contributed by atoms with van der Waals surface area (Å²) in [6, 6.07) is 12.9. The van der Waals surface area contributed by atoms with Crippen molar-refractivity contribution in [3.05, 3.63) is 54.3 Å². The van der Waals surface area contributed by atoms with Gasteiger partial charge in [0.1, 0.15) is 24.8 Å². The average molecular weight is 317 g/mol. The first-order valence-electron chi connectivity index (χ1n) is 7.27. The van der Waals surface area contributed by atoms with Gasteiger partial charge in [-0.15, -0.1) is 0 Å². The average Bonchev–Trinajstić information content (AvgIpc) is 2.59. The molecule has 6 heteroatoms. The third-order valence-corrected chi connectivity index (χ3v) is 3.28. The van der Waals surface area contributed by atoms with Crippen molar-refractivity contribution < 1.29 is 23.4 Å². The smallest absolute Gasteiger partial charge is 0.264 e. The normalized spacial score (nSPS) is 15.8. The Kier molecular flexibility index (Phi) is 4.61. The summed E-state index contributed by atoms with van der Waals surface area (Å²) in [5, 5.41) is 2.72. The van der Waals surface area contributed by atoms with Gasteiger partial charge in [-0.25, -0.2) is 4.39 Å². The molecule has 1 N–H and O–H groups in total. The number of hydrogen-bond donors (Lipinski definition) is 1. The maximum Gasteiger partial charge on any atom is 0.264 e. The highest BCUT2D eigenvalue weighted by Gasteiger charge is 2.26. The summed E-state index contributed by atoms with van der Waals surface area (Å²) in [5.74, 6) is 1.16. The summed E-state index contributed by atoms with van der Waals surface area (Å²) in [4.78, 5) is 12.0. The predicted molar refractivity (Wildman–Crippen MR) is 81.3 cm³/mol. The van der Waals surface area contributed by atoms with E-state index in [0.717, 1.165) is 0 Å². The van der Waals surface area contributed by atoms with Gasteiger partial charge >= 0.3 is 0 Å². The van der Waals surface area contributed by atoms with Crippen molar-refractivity contribution in [1.82, 2.24) is 5.32 Å². The number of amides is 1. The van der Waals surface area contributed by atoms with Crippen LogP contribution in [0.3, 0.4) is 0 Å². The van der Waals surface area contributed by atoms with Crippen LogP contribution in [-0.2, 0) is 4.79 Å². The molecule has 1 amide bonds. The summed E-state index contributed by atoms with van der Waals surface area (Å²) in [6.07, 6.45) is -0.685. The molecule has 0 fully saturated rings. The van der Waals surface area contributed by atoms with E-state index in [1.807, 2.05) is 12.1 Å². The van der Waals surface area contributed by atoms with E-state index in [-0.39, 0.29) is 24.9 Å². The Morgan fingerprint density at radius 2 is 1.91 bits per heavy atom. The molecule has 2 aromatic carbocycles. The van der Waals surface area contributed by atoms with Crippen LogP contribution in [0.15, 0.2) is 48.5 Å². The van der Waals surface area contributed by atoms with E-state index in [9.17, 15) is 9.18 Å². The Bertz CT molecular complexity index is 675. The zero-order valence-corrected chi connectivity index (χ0v) is 12.3. The first-order chi connectivity index (χ1) is 11.2. The van der Waals surface area contributed by atoms with Crippen LogP contribution in [0.1, 0.15) is 0 Å². The number of carbonyl (C=O) groups is 1. The van der Waals surface area contributed by atoms with Crippen molar-refractivity contribution in [1.29, 1.82) is 0 Å². The molecule has 1 aliphatic heterocycles. The third-order valence-electron chi connectivity index (χ3n) is 3.28. The van der Waals surface area contributed by atoms with Crippen LogP contribution in [0.2, 0.25) is 0 Å². The van der Waals surface area contributed by atoms with Gasteiger partial charge in [0, 0.05) is 0 Å². The summed E-state index contributed by atoms with van der Waals surface area (Å²) in [6.45, 7) is 0.765. The summed E-state index contributed by atoms with van der Waals surface area (Å²) < 4.78 is 29.2. The molecule has 0 aliphatic carbocycles. The number of halogens is 1. The van der Waals surface area contributed by atoms with Crippen molar-refractivity contribution in [3.8, 4) is 17.2 Å². The molecule has 5 nitrogen and oxygen atoms in total. The molecule has 1 atom stereocenters. The Morgan fingerprint density at radius 1 is 1.17 bits per heavy atom. The van der Waals surface area contributed by atoms with E-state index < -0.39 is 6.10 Å². The molecule has 0 aromatic heterocycles. The number of nitrogens with one attached hydrogen (secondary N) is 1. The van der Waals surface area contributed by atoms with Gasteiger partial charge in [-0.3, -0.25) is 4.79 Å². The first kappa shape index (κ1) is 15.1. The second-order valence-corrected chi connectivity index (χ2v) is 4.96. The topological polar surface area (TPSA) is 56.8 Å². The van der Waals surface area contributed by atoms with Gasteiger partial charge in [0.2, 0.25) is 6.10 Å². The third kappa shape index (κ3) is 3.91. The molecule has 3 rings (SSSR count). The number of benzene rings is 2. The second kappa shape index (κ2) is 7.00. The molecule has 23 heavy (non-hydrogen) atoms. The fourth-order valence-corrected chi connectivity index (χ4v) is 2.14. The standard InChI is InChI=1S/C17H16FNO4/c18-12-5-7-13(8-6-12)21-10-9-19-17(20)16-11-22-14-3-1-2-4-15(14)23-16/h1-8,16H,9-11H2,(H,19,20)/t16-/m0/s1. The fraction of sp³-hybridized carbons (Fsp3) is 0.235. The number of rotatable bonds is 5. The van der Waals surface area contributed by atoms with E-state index in [1.165, 1.54) is 24.3 Å². The van der Waals surface area contributed by atoms with Crippen LogP contribution >= 0.6 is 0 Å². The van der Waals surface area contributed by atoms with Gasteiger partial charge in [-0.05, 0) is 36.4 Å². The van der Waals surface area contributed by atoms with Crippen molar-refractivity contribution >= 4 is 5.91 Å². The van der Waals surface area contributed by atoms with E-state index in [0.29, 0.717) is 23.8 Å². The minimum Gasteiger partial charge on any atom is -0.492 e. The zero-order valence-electron chi connectivity index (χ0n) is 12.3. The van der Waals surface area contributed by atoms with Gasteiger partial charge in [0.05, 0.1) is 6.54 Å². The van der Waals surface area contributed by atoms with Crippen LogP contribution < -0.4 is 19.5 Å². The lowest BCUT2D eigenvalue weighted by Gasteiger charge is -2.25. The van der Waals surface area contributed by atoms with Crippen LogP contribution in [0, 0.1) is 5.82 Å². The number of para-hydroxylation sites is 2. The molecule has 0 unspecified atom stereocenters. The summed E-state index contributed by atoms with van der Waals surface area (Å²) in [5.41, 5.74) is 0. The molecule has 0 saturated carbocycles. The van der Waals surface area contributed by atoms with E-state index in [4.69, 9.17) is 14.2 Å².